The van der Waals surface area contributed by atoms with Crippen LogP contribution in [0.15, 0.2) is 30.6 Å². The van der Waals surface area contributed by atoms with E-state index in [9.17, 15) is 0 Å². The van der Waals surface area contributed by atoms with Crippen LogP contribution in [0.5, 0.6) is 0 Å². The highest BCUT2D eigenvalue weighted by atomic mass is 35.5. The third kappa shape index (κ3) is 2.05. The second-order valence-electron chi connectivity index (χ2n) is 3.21. The van der Waals surface area contributed by atoms with Gasteiger partial charge < -0.3 is 0 Å². The van der Waals surface area contributed by atoms with E-state index in [1.807, 2.05) is 24.3 Å². The van der Waals surface area contributed by atoms with Crippen molar-refractivity contribution in [1.82, 2.24) is 14.8 Å². The van der Waals surface area contributed by atoms with Crippen molar-refractivity contribution in [1.29, 1.82) is 5.26 Å². The Morgan fingerprint density at radius 3 is 2.94 bits per heavy atom. The first-order chi connectivity index (χ1) is 7.85. The first-order valence-electron chi connectivity index (χ1n) is 4.76. The monoisotopic (exact) mass is 232 g/mol. The van der Waals surface area contributed by atoms with Gasteiger partial charge in [0.15, 0.2) is 0 Å². The number of alkyl halides is 1. The van der Waals surface area contributed by atoms with Crippen LogP contribution in [-0.4, -0.2) is 14.8 Å². The van der Waals surface area contributed by atoms with Gasteiger partial charge in [0.2, 0.25) is 0 Å². The first kappa shape index (κ1) is 10.7. The highest BCUT2D eigenvalue weighted by molar-refractivity contribution is 6.17. The molecule has 0 aliphatic heterocycles. The van der Waals surface area contributed by atoms with Crippen molar-refractivity contribution in [2.45, 2.75) is 12.4 Å². The molecule has 0 aromatic carbocycles. The van der Waals surface area contributed by atoms with E-state index in [1.54, 1.807) is 17.1 Å². The summed E-state index contributed by atoms with van der Waals surface area (Å²) in [6.45, 7) is 0.219. The standard InChI is InChI=1S/C11H9ClN4/c12-7-9-8-16(6-4-13)15-11(9)10-3-1-2-5-14-10/h1-3,5,8H,6-7H2. The van der Waals surface area contributed by atoms with E-state index in [-0.39, 0.29) is 6.54 Å². The lowest BCUT2D eigenvalue weighted by Crippen LogP contribution is -1.95. The molecule has 0 aliphatic carbocycles. The van der Waals surface area contributed by atoms with Crippen LogP contribution in [0.3, 0.4) is 0 Å². The third-order valence-electron chi connectivity index (χ3n) is 2.12. The van der Waals surface area contributed by atoms with Gasteiger partial charge in [-0.05, 0) is 12.1 Å². The van der Waals surface area contributed by atoms with E-state index in [0.717, 1.165) is 17.0 Å². The van der Waals surface area contributed by atoms with E-state index in [0.29, 0.717) is 5.88 Å². The molecule has 2 aromatic rings. The minimum atomic E-state index is 0.219. The zero-order valence-corrected chi connectivity index (χ0v) is 9.22. The Labute approximate surface area is 98.1 Å². The quantitative estimate of drug-likeness (QED) is 0.763. The zero-order chi connectivity index (χ0) is 11.4. The number of aromatic nitrogens is 3. The van der Waals surface area contributed by atoms with Crippen LogP contribution in [0.4, 0.5) is 0 Å². The predicted octanol–water partition coefficient (Wildman–Crippen LogP) is 2.21. The molecule has 2 aromatic heterocycles. The highest BCUT2D eigenvalue weighted by Gasteiger charge is 2.10. The predicted molar refractivity (Wildman–Crippen MR) is 60.6 cm³/mol. The molecule has 4 nitrogen and oxygen atoms in total. The summed E-state index contributed by atoms with van der Waals surface area (Å²) in [5.74, 6) is 0.358. The molecule has 0 saturated heterocycles. The molecule has 0 unspecified atom stereocenters. The molecular formula is C11H9ClN4. The van der Waals surface area contributed by atoms with Crippen molar-refractivity contribution in [3.63, 3.8) is 0 Å². The Hall–Kier alpha value is -1.86. The van der Waals surface area contributed by atoms with Crippen LogP contribution in [0.25, 0.3) is 11.4 Å². The molecule has 2 rings (SSSR count). The second kappa shape index (κ2) is 4.77. The summed E-state index contributed by atoms with van der Waals surface area (Å²) < 4.78 is 1.57. The Morgan fingerprint density at radius 2 is 2.31 bits per heavy atom. The van der Waals surface area contributed by atoms with Gasteiger partial charge in [0, 0.05) is 18.0 Å². The Kier molecular flexibility index (Phi) is 3.18. The van der Waals surface area contributed by atoms with Gasteiger partial charge in [-0.1, -0.05) is 6.07 Å². The Bertz CT molecular complexity index is 513. The lowest BCUT2D eigenvalue weighted by atomic mass is 10.2. The van der Waals surface area contributed by atoms with E-state index in [1.165, 1.54) is 0 Å². The Morgan fingerprint density at radius 1 is 1.44 bits per heavy atom. The molecule has 0 N–H and O–H groups in total. The van der Waals surface area contributed by atoms with E-state index >= 15 is 0 Å². The maximum atomic E-state index is 8.60. The summed E-state index contributed by atoms with van der Waals surface area (Å²) >= 11 is 5.83. The number of hydrogen-bond acceptors (Lipinski definition) is 3. The summed E-state index contributed by atoms with van der Waals surface area (Å²) in [5.41, 5.74) is 2.40. The summed E-state index contributed by atoms with van der Waals surface area (Å²) in [7, 11) is 0. The molecule has 16 heavy (non-hydrogen) atoms. The summed E-state index contributed by atoms with van der Waals surface area (Å²) in [4.78, 5) is 4.21. The third-order valence-corrected chi connectivity index (χ3v) is 2.41. The van der Waals surface area contributed by atoms with Crippen molar-refractivity contribution in [2.75, 3.05) is 0 Å². The van der Waals surface area contributed by atoms with Crippen molar-refractivity contribution in [2.24, 2.45) is 0 Å². The van der Waals surface area contributed by atoms with Gasteiger partial charge >= 0.3 is 0 Å². The average Bonchev–Trinajstić information content (AvgIpc) is 2.74. The normalized spacial score (nSPS) is 10.0. The van der Waals surface area contributed by atoms with Gasteiger partial charge in [-0.2, -0.15) is 10.4 Å². The largest absolute Gasteiger partial charge is 0.258 e. The first-order valence-corrected chi connectivity index (χ1v) is 5.29. The van der Waals surface area contributed by atoms with Gasteiger partial charge in [-0.15, -0.1) is 11.6 Å². The van der Waals surface area contributed by atoms with Gasteiger partial charge in [-0.25, -0.2) is 0 Å². The summed E-state index contributed by atoms with van der Waals surface area (Å²) in [5, 5.41) is 12.9. The molecule has 0 fully saturated rings. The molecule has 5 heteroatoms. The van der Waals surface area contributed by atoms with Crippen LogP contribution in [-0.2, 0) is 12.4 Å². The van der Waals surface area contributed by atoms with E-state index in [2.05, 4.69) is 10.1 Å². The van der Waals surface area contributed by atoms with Gasteiger partial charge in [0.05, 0.1) is 17.6 Å². The molecule has 80 valence electrons. The minimum Gasteiger partial charge on any atom is -0.258 e. The van der Waals surface area contributed by atoms with Crippen molar-refractivity contribution >= 4 is 11.6 Å². The maximum Gasteiger partial charge on any atom is 0.128 e. The number of hydrogen-bond donors (Lipinski definition) is 0. The van der Waals surface area contributed by atoms with Gasteiger partial charge in [-0.3, -0.25) is 9.67 Å². The molecule has 2 heterocycles. The number of nitriles is 1. The summed E-state index contributed by atoms with van der Waals surface area (Å²) in [6, 6.07) is 7.64. The number of pyridine rings is 1. The number of rotatable bonds is 3. The van der Waals surface area contributed by atoms with Crippen molar-refractivity contribution in [3.8, 4) is 17.5 Å². The fourth-order valence-corrected chi connectivity index (χ4v) is 1.63. The van der Waals surface area contributed by atoms with Crippen LogP contribution in [0.2, 0.25) is 0 Å². The average molecular weight is 233 g/mol. The molecule has 0 saturated carbocycles. The van der Waals surface area contributed by atoms with Crippen LogP contribution in [0.1, 0.15) is 5.56 Å². The van der Waals surface area contributed by atoms with Crippen LogP contribution in [0, 0.1) is 11.3 Å². The van der Waals surface area contributed by atoms with E-state index in [4.69, 9.17) is 16.9 Å². The maximum absolute atomic E-state index is 8.60. The summed E-state index contributed by atoms with van der Waals surface area (Å²) in [6.07, 6.45) is 3.48. The van der Waals surface area contributed by atoms with Gasteiger partial charge in [0.1, 0.15) is 12.2 Å². The Balaban J connectivity index is 2.44. The smallest absolute Gasteiger partial charge is 0.128 e. The molecular weight excluding hydrogens is 224 g/mol. The molecule has 0 spiro atoms. The lowest BCUT2D eigenvalue weighted by molar-refractivity contribution is 0.711. The van der Waals surface area contributed by atoms with Crippen LogP contribution >= 0.6 is 11.6 Å². The highest BCUT2D eigenvalue weighted by Crippen LogP contribution is 2.20. The minimum absolute atomic E-state index is 0.219. The van der Waals surface area contributed by atoms with Crippen molar-refractivity contribution in [3.05, 3.63) is 36.2 Å². The fraction of sp³-hybridized carbons (Fsp3) is 0.182. The zero-order valence-electron chi connectivity index (χ0n) is 8.47. The van der Waals surface area contributed by atoms with E-state index < -0.39 is 0 Å². The lowest BCUT2D eigenvalue weighted by Gasteiger charge is -1.96. The molecule has 0 aliphatic rings. The number of halogens is 1. The SMILES string of the molecule is N#CCn1cc(CCl)c(-c2ccccn2)n1. The van der Waals surface area contributed by atoms with Crippen molar-refractivity contribution < 1.29 is 0 Å². The fourth-order valence-electron chi connectivity index (χ4n) is 1.43. The molecule has 0 radical (unpaired) electrons. The number of nitrogens with zero attached hydrogens (tertiary/aromatic N) is 4. The van der Waals surface area contributed by atoms with Gasteiger partial charge in [0.25, 0.3) is 0 Å². The molecule has 0 amide bonds. The topological polar surface area (TPSA) is 54.5 Å². The van der Waals surface area contributed by atoms with Crippen LogP contribution < -0.4 is 0 Å². The molecule has 0 bridgehead atoms. The second-order valence-corrected chi connectivity index (χ2v) is 3.47. The molecule has 0 atom stereocenters.